The summed E-state index contributed by atoms with van der Waals surface area (Å²) >= 11 is 0. The lowest BCUT2D eigenvalue weighted by Crippen LogP contribution is -2.29. The SMILES string of the molecule is CN(CCOS(C)(=O)=O)S(C)(=O)=O.CNCCO. The highest BCUT2D eigenvalue weighted by molar-refractivity contribution is 7.88. The Kier molecular flexibility index (Phi) is 10.7. The van der Waals surface area contributed by atoms with Crippen LogP contribution in [-0.4, -0.2) is 79.2 Å². The number of aliphatic hydroxyl groups excluding tert-OH is 1. The van der Waals surface area contributed by atoms with Crippen LogP contribution in [0.25, 0.3) is 0 Å². The summed E-state index contributed by atoms with van der Waals surface area (Å²) in [6, 6.07) is 0. The minimum absolute atomic E-state index is 0.0197. The predicted molar refractivity (Wildman–Crippen MR) is 69.3 cm³/mol. The lowest BCUT2D eigenvalue weighted by atomic mass is 10.7. The molecule has 0 fully saturated rings. The second-order valence-electron chi connectivity index (χ2n) is 3.44. The average molecular weight is 306 g/mol. The first kappa shape index (κ1) is 20.1. The first-order chi connectivity index (χ1) is 8.04. The molecular formula is C8H22N2O6S2. The number of hydrogen-bond acceptors (Lipinski definition) is 7. The molecule has 0 unspecified atom stereocenters. The van der Waals surface area contributed by atoms with Crippen LogP contribution in [-0.2, 0) is 24.3 Å². The molecule has 18 heavy (non-hydrogen) atoms. The minimum Gasteiger partial charge on any atom is -0.395 e. The van der Waals surface area contributed by atoms with E-state index in [4.69, 9.17) is 5.11 Å². The molecule has 0 saturated heterocycles. The highest BCUT2D eigenvalue weighted by Crippen LogP contribution is 1.93. The van der Waals surface area contributed by atoms with Gasteiger partial charge in [-0.3, -0.25) is 4.18 Å². The van der Waals surface area contributed by atoms with Crippen molar-refractivity contribution in [2.75, 3.05) is 52.9 Å². The molecule has 0 aromatic rings. The van der Waals surface area contributed by atoms with Gasteiger partial charge in [-0.05, 0) is 7.05 Å². The molecule has 2 N–H and O–H groups in total. The molecule has 0 rings (SSSR count). The summed E-state index contributed by atoms with van der Waals surface area (Å²) in [6.07, 6.45) is 1.95. The molecule has 112 valence electrons. The Bertz CT molecular complexity index is 390. The fraction of sp³-hybridized carbons (Fsp3) is 1.00. The summed E-state index contributed by atoms with van der Waals surface area (Å²) in [7, 11) is -3.60. The van der Waals surface area contributed by atoms with Crippen LogP contribution in [0.2, 0.25) is 0 Å². The zero-order valence-electron chi connectivity index (χ0n) is 11.1. The van der Waals surface area contributed by atoms with E-state index in [1.165, 1.54) is 7.05 Å². The van der Waals surface area contributed by atoms with Crippen LogP contribution in [0.1, 0.15) is 0 Å². The van der Waals surface area contributed by atoms with Gasteiger partial charge in [0.25, 0.3) is 10.1 Å². The molecule has 0 bridgehead atoms. The van der Waals surface area contributed by atoms with Gasteiger partial charge in [-0.15, -0.1) is 0 Å². The van der Waals surface area contributed by atoms with Gasteiger partial charge in [-0.1, -0.05) is 0 Å². The van der Waals surface area contributed by atoms with Crippen LogP contribution in [0, 0.1) is 0 Å². The Morgan fingerprint density at radius 1 is 1.22 bits per heavy atom. The van der Waals surface area contributed by atoms with Crippen molar-refractivity contribution in [3.63, 3.8) is 0 Å². The van der Waals surface area contributed by atoms with Crippen molar-refractivity contribution in [1.29, 1.82) is 0 Å². The minimum atomic E-state index is -3.49. The molecule has 0 heterocycles. The fourth-order valence-corrected chi connectivity index (χ4v) is 1.38. The van der Waals surface area contributed by atoms with Gasteiger partial charge in [0.2, 0.25) is 10.0 Å². The molecule has 0 aliphatic carbocycles. The normalized spacial score (nSPS) is 12.1. The number of nitrogens with one attached hydrogen (secondary N) is 1. The molecule has 0 amide bonds. The zero-order chi connectivity index (χ0) is 14.8. The second-order valence-corrected chi connectivity index (χ2v) is 7.17. The van der Waals surface area contributed by atoms with E-state index in [0.717, 1.165) is 16.8 Å². The van der Waals surface area contributed by atoms with E-state index in [9.17, 15) is 16.8 Å². The summed E-state index contributed by atoms with van der Waals surface area (Å²) in [4.78, 5) is 0. The van der Waals surface area contributed by atoms with E-state index < -0.39 is 20.1 Å². The Hall–Kier alpha value is -0.260. The van der Waals surface area contributed by atoms with E-state index in [1.54, 1.807) is 7.05 Å². The van der Waals surface area contributed by atoms with E-state index in [-0.39, 0.29) is 19.8 Å². The van der Waals surface area contributed by atoms with Crippen molar-refractivity contribution in [2.45, 2.75) is 0 Å². The second kappa shape index (κ2) is 9.64. The van der Waals surface area contributed by atoms with Gasteiger partial charge in [-0.2, -0.15) is 8.42 Å². The summed E-state index contributed by atoms with van der Waals surface area (Å²) in [5.41, 5.74) is 0. The number of aliphatic hydroxyl groups is 1. The summed E-state index contributed by atoms with van der Waals surface area (Å²) in [6.45, 7) is 0.783. The van der Waals surface area contributed by atoms with Crippen LogP contribution < -0.4 is 5.32 Å². The number of hydrogen-bond donors (Lipinski definition) is 2. The van der Waals surface area contributed by atoms with E-state index in [2.05, 4.69) is 9.50 Å². The van der Waals surface area contributed by atoms with E-state index in [1.807, 2.05) is 0 Å². The molecule has 0 spiro atoms. The van der Waals surface area contributed by atoms with Crippen LogP contribution >= 0.6 is 0 Å². The van der Waals surface area contributed by atoms with Gasteiger partial charge >= 0.3 is 0 Å². The van der Waals surface area contributed by atoms with Gasteiger partial charge in [0.15, 0.2) is 0 Å². The van der Waals surface area contributed by atoms with Crippen molar-refractivity contribution in [3.8, 4) is 0 Å². The molecule has 0 aliphatic heterocycles. The van der Waals surface area contributed by atoms with Crippen LogP contribution in [0.15, 0.2) is 0 Å². The highest BCUT2D eigenvalue weighted by Gasteiger charge is 2.11. The lowest BCUT2D eigenvalue weighted by molar-refractivity contribution is 0.293. The predicted octanol–water partition coefficient (Wildman–Crippen LogP) is -1.95. The molecule has 10 heteroatoms. The van der Waals surface area contributed by atoms with Gasteiger partial charge in [0.05, 0.1) is 25.7 Å². The maximum absolute atomic E-state index is 10.8. The zero-order valence-corrected chi connectivity index (χ0v) is 12.7. The van der Waals surface area contributed by atoms with Crippen molar-refractivity contribution < 1.29 is 26.1 Å². The number of likely N-dealkylation sites (N-methyl/N-ethyl adjacent to an activating group) is 2. The van der Waals surface area contributed by atoms with Gasteiger partial charge in [0, 0.05) is 20.1 Å². The van der Waals surface area contributed by atoms with Crippen molar-refractivity contribution in [2.24, 2.45) is 0 Å². The number of nitrogens with zero attached hydrogens (tertiary/aromatic N) is 1. The molecule has 0 radical (unpaired) electrons. The molecular weight excluding hydrogens is 284 g/mol. The van der Waals surface area contributed by atoms with Crippen molar-refractivity contribution in [1.82, 2.24) is 9.62 Å². The Morgan fingerprint density at radius 3 is 1.94 bits per heavy atom. The standard InChI is InChI=1S/C5H13NO5S2.C3H9NO/c1-6(12(2,7)8)4-5-11-13(3,9)10;1-4-2-3-5/h4-5H2,1-3H3;4-5H,2-3H2,1H3. The van der Waals surface area contributed by atoms with Crippen molar-refractivity contribution in [3.05, 3.63) is 0 Å². The van der Waals surface area contributed by atoms with Crippen LogP contribution in [0.5, 0.6) is 0 Å². The monoisotopic (exact) mass is 306 g/mol. The third-order valence-electron chi connectivity index (χ3n) is 1.63. The molecule has 0 aromatic heterocycles. The van der Waals surface area contributed by atoms with Crippen molar-refractivity contribution >= 4 is 20.1 Å². The Morgan fingerprint density at radius 2 is 1.72 bits per heavy atom. The fourth-order valence-electron chi connectivity index (χ4n) is 0.595. The number of rotatable bonds is 7. The third kappa shape index (κ3) is 15.7. The summed E-state index contributed by atoms with van der Waals surface area (Å²) < 4.78 is 47.9. The summed E-state index contributed by atoms with van der Waals surface area (Å²) in [5.74, 6) is 0. The van der Waals surface area contributed by atoms with E-state index in [0.29, 0.717) is 6.54 Å². The number of sulfonamides is 1. The summed E-state index contributed by atoms with van der Waals surface area (Å²) in [5, 5.41) is 10.8. The van der Waals surface area contributed by atoms with Gasteiger partial charge in [0.1, 0.15) is 0 Å². The van der Waals surface area contributed by atoms with E-state index >= 15 is 0 Å². The molecule has 0 aliphatic rings. The smallest absolute Gasteiger partial charge is 0.264 e. The molecule has 0 saturated carbocycles. The average Bonchev–Trinajstić information content (AvgIpc) is 2.16. The lowest BCUT2D eigenvalue weighted by Gasteiger charge is -2.12. The quantitative estimate of drug-likeness (QED) is 0.526. The Balaban J connectivity index is 0. The molecule has 0 aromatic carbocycles. The highest BCUT2D eigenvalue weighted by atomic mass is 32.2. The third-order valence-corrected chi connectivity index (χ3v) is 3.54. The maximum Gasteiger partial charge on any atom is 0.264 e. The maximum atomic E-state index is 10.8. The molecule has 8 nitrogen and oxygen atoms in total. The van der Waals surface area contributed by atoms with Gasteiger partial charge < -0.3 is 10.4 Å². The first-order valence-corrected chi connectivity index (χ1v) is 8.72. The van der Waals surface area contributed by atoms with Gasteiger partial charge in [-0.25, -0.2) is 12.7 Å². The topological polar surface area (TPSA) is 113 Å². The molecule has 0 atom stereocenters. The largest absolute Gasteiger partial charge is 0.395 e. The Labute approximate surface area is 109 Å². The van der Waals surface area contributed by atoms with Crippen LogP contribution in [0.3, 0.4) is 0 Å². The van der Waals surface area contributed by atoms with Crippen LogP contribution in [0.4, 0.5) is 0 Å². The first-order valence-electron chi connectivity index (χ1n) is 5.05.